The molecule has 15 nitrogen and oxygen atoms in total. The number of nitrogens with two attached hydrogens (primary N) is 4. The van der Waals surface area contributed by atoms with Gasteiger partial charge in [-0.2, -0.15) is 12.6 Å². The number of amides is 3. The van der Waals surface area contributed by atoms with Gasteiger partial charge in [0.2, 0.25) is 17.7 Å². The van der Waals surface area contributed by atoms with Crippen molar-refractivity contribution < 1.29 is 34.2 Å². The van der Waals surface area contributed by atoms with Crippen molar-refractivity contribution in [1.29, 1.82) is 0 Å². The van der Waals surface area contributed by atoms with Gasteiger partial charge in [0.15, 0.2) is 5.96 Å². The van der Waals surface area contributed by atoms with Crippen LogP contribution in [0.1, 0.15) is 44.9 Å². The molecule has 0 aromatic heterocycles. The zero-order valence-corrected chi connectivity index (χ0v) is 20.9. The van der Waals surface area contributed by atoms with Crippen molar-refractivity contribution in [2.45, 2.75) is 69.1 Å². The van der Waals surface area contributed by atoms with Gasteiger partial charge >= 0.3 is 11.9 Å². The molecule has 0 aliphatic carbocycles. The van der Waals surface area contributed by atoms with Crippen LogP contribution in [0.5, 0.6) is 0 Å². The quantitative estimate of drug-likeness (QED) is 0.0341. The van der Waals surface area contributed by atoms with Crippen molar-refractivity contribution in [3.63, 3.8) is 0 Å². The number of rotatable bonds is 19. The number of aliphatic carboxylic acids is 2. The fraction of sp³-hybridized carbons (Fsp3) is 0.700. The molecule has 13 N–H and O–H groups in total. The summed E-state index contributed by atoms with van der Waals surface area (Å²) in [5, 5.41) is 25.4. The molecule has 16 heteroatoms. The van der Waals surface area contributed by atoms with Crippen molar-refractivity contribution in [2.75, 3.05) is 18.8 Å². The van der Waals surface area contributed by atoms with Crippen molar-refractivity contribution in [3.8, 4) is 0 Å². The van der Waals surface area contributed by atoms with E-state index in [9.17, 15) is 29.1 Å². The highest BCUT2D eigenvalue weighted by molar-refractivity contribution is 7.80. The Morgan fingerprint density at radius 3 is 1.89 bits per heavy atom. The molecule has 206 valence electrons. The van der Waals surface area contributed by atoms with Gasteiger partial charge in [-0.1, -0.05) is 0 Å². The van der Waals surface area contributed by atoms with Gasteiger partial charge in [-0.25, -0.2) is 4.79 Å². The lowest BCUT2D eigenvalue weighted by Crippen LogP contribution is -2.57. The molecule has 0 aromatic rings. The SMILES string of the molecule is NCCCCC(NC(=O)C(CCCN=C(N)N)NC(=O)C(CS)NC(=O)C(N)CCC(=O)O)C(=O)O. The molecule has 0 radical (unpaired) electrons. The number of carboxylic acid groups (broad SMARTS) is 2. The van der Waals surface area contributed by atoms with Crippen LogP contribution in [0.25, 0.3) is 0 Å². The van der Waals surface area contributed by atoms with Gasteiger partial charge < -0.3 is 49.1 Å². The molecule has 36 heavy (non-hydrogen) atoms. The Bertz CT molecular complexity index is 779. The lowest BCUT2D eigenvalue weighted by Gasteiger charge is -2.24. The van der Waals surface area contributed by atoms with Gasteiger partial charge in [-0.15, -0.1) is 0 Å². The lowest BCUT2D eigenvalue weighted by molar-refractivity contribution is -0.142. The first-order chi connectivity index (χ1) is 16.9. The molecule has 0 rings (SSSR count). The Hall–Kier alpha value is -3.11. The summed E-state index contributed by atoms with van der Waals surface area (Å²) in [5.74, 6) is -4.92. The molecular formula is C20H38N8O7S. The van der Waals surface area contributed by atoms with Crippen molar-refractivity contribution >= 4 is 48.2 Å². The number of aliphatic imine (C=N–C) groups is 1. The zero-order chi connectivity index (χ0) is 27.7. The highest BCUT2D eigenvalue weighted by Gasteiger charge is 2.29. The van der Waals surface area contributed by atoms with E-state index < -0.39 is 53.8 Å². The average molecular weight is 535 g/mol. The second kappa shape index (κ2) is 18.2. The van der Waals surface area contributed by atoms with Crippen LogP contribution in [0.3, 0.4) is 0 Å². The Morgan fingerprint density at radius 1 is 0.806 bits per heavy atom. The Kier molecular flexibility index (Phi) is 16.6. The first-order valence-corrected chi connectivity index (χ1v) is 12.0. The maximum atomic E-state index is 12.9. The summed E-state index contributed by atoms with van der Waals surface area (Å²) in [5.41, 5.74) is 21.7. The standard InChI is InChI=1S/C20H38N8O7S/c21-8-2-1-4-13(19(34)35)27-17(32)12(5-3-9-25-20(23)24)26-18(33)14(10-36)28-16(31)11(22)6-7-15(29)30/h11-14,36H,1-10,21-22H2,(H,26,33)(H,27,32)(H,28,31)(H,29,30)(H,34,35)(H4,23,24,25). The third kappa shape index (κ3) is 14.3. The molecule has 0 aliphatic heterocycles. The summed E-state index contributed by atoms with van der Waals surface area (Å²) >= 11 is 4.05. The smallest absolute Gasteiger partial charge is 0.326 e. The van der Waals surface area contributed by atoms with Gasteiger partial charge in [-0.3, -0.25) is 24.2 Å². The number of hydrogen-bond donors (Lipinski definition) is 10. The molecule has 0 saturated heterocycles. The molecule has 0 spiro atoms. The van der Waals surface area contributed by atoms with E-state index in [1.54, 1.807) is 0 Å². The maximum Gasteiger partial charge on any atom is 0.326 e. The number of carbonyl (C=O) groups excluding carboxylic acids is 3. The van der Waals surface area contributed by atoms with Crippen molar-refractivity contribution in [3.05, 3.63) is 0 Å². The maximum absolute atomic E-state index is 12.9. The van der Waals surface area contributed by atoms with Crippen LogP contribution in [0.2, 0.25) is 0 Å². The molecule has 0 aromatic carbocycles. The van der Waals surface area contributed by atoms with E-state index in [0.29, 0.717) is 19.4 Å². The normalized spacial score (nSPS) is 14.0. The third-order valence-electron chi connectivity index (χ3n) is 4.96. The number of carbonyl (C=O) groups is 5. The molecule has 0 aliphatic rings. The van der Waals surface area contributed by atoms with E-state index in [1.807, 2.05) is 0 Å². The van der Waals surface area contributed by atoms with E-state index in [0.717, 1.165) is 0 Å². The van der Waals surface area contributed by atoms with Crippen LogP contribution < -0.4 is 38.9 Å². The number of guanidine groups is 1. The van der Waals surface area contributed by atoms with Gasteiger partial charge in [0.05, 0.1) is 6.04 Å². The molecule has 4 unspecified atom stereocenters. The van der Waals surface area contributed by atoms with Crippen LogP contribution in [0.15, 0.2) is 4.99 Å². The van der Waals surface area contributed by atoms with Gasteiger partial charge in [0, 0.05) is 18.7 Å². The summed E-state index contributed by atoms with van der Waals surface area (Å²) in [7, 11) is 0. The van der Waals surface area contributed by atoms with Gasteiger partial charge in [-0.05, 0) is 45.1 Å². The zero-order valence-electron chi connectivity index (χ0n) is 20.0. The highest BCUT2D eigenvalue weighted by Crippen LogP contribution is 2.05. The van der Waals surface area contributed by atoms with Crippen LogP contribution in [0.4, 0.5) is 0 Å². The van der Waals surface area contributed by atoms with Crippen LogP contribution in [0, 0.1) is 0 Å². The minimum absolute atomic E-state index is 0.0643. The predicted molar refractivity (Wildman–Crippen MR) is 135 cm³/mol. The van der Waals surface area contributed by atoms with Gasteiger partial charge in [0.25, 0.3) is 0 Å². The van der Waals surface area contributed by atoms with Crippen LogP contribution in [-0.2, 0) is 24.0 Å². The summed E-state index contributed by atoms with van der Waals surface area (Å²) < 4.78 is 0. The number of carboxylic acids is 2. The highest BCUT2D eigenvalue weighted by atomic mass is 32.1. The van der Waals surface area contributed by atoms with Crippen LogP contribution in [-0.4, -0.2) is 88.8 Å². The lowest BCUT2D eigenvalue weighted by atomic mass is 10.1. The van der Waals surface area contributed by atoms with E-state index in [1.165, 1.54) is 0 Å². The topological polar surface area (TPSA) is 278 Å². The third-order valence-corrected chi connectivity index (χ3v) is 5.33. The number of hydrogen-bond acceptors (Lipinski definition) is 9. The predicted octanol–water partition coefficient (Wildman–Crippen LogP) is -3.17. The Labute approximate surface area is 214 Å². The van der Waals surface area contributed by atoms with Crippen molar-refractivity contribution in [1.82, 2.24) is 16.0 Å². The molecular weight excluding hydrogens is 496 g/mol. The molecule has 0 bridgehead atoms. The van der Waals surface area contributed by atoms with Gasteiger partial charge in [0.1, 0.15) is 18.1 Å². The average Bonchev–Trinajstić information content (AvgIpc) is 2.81. The monoisotopic (exact) mass is 534 g/mol. The summed E-state index contributed by atoms with van der Waals surface area (Å²) in [4.78, 5) is 63.9. The molecule has 0 heterocycles. The Balaban J connectivity index is 5.36. The minimum Gasteiger partial charge on any atom is -0.481 e. The molecule has 4 atom stereocenters. The fourth-order valence-electron chi connectivity index (χ4n) is 2.95. The van der Waals surface area contributed by atoms with E-state index in [2.05, 4.69) is 33.6 Å². The summed E-state index contributed by atoms with van der Waals surface area (Å²) in [6.45, 7) is 0.534. The first-order valence-electron chi connectivity index (χ1n) is 11.4. The largest absolute Gasteiger partial charge is 0.481 e. The van der Waals surface area contributed by atoms with E-state index in [-0.39, 0.29) is 50.4 Å². The minimum atomic E-state index is -1.23. The molecule has 0 fully saturated rings. The van der Waals surface area contributed by atoms with E-state index >= 15 is 0 Å². The van der Waals surface area contributed by atoms with Crippen molar-refractivity contribution in [2.24, 2.45) is 27.9 Å². The second-order valence-corrected chi connectivity index (χ2v) is 8.34. The number of nitrogens with one attached hydrogen (secondary N) is 3. The molecule has 3 amide bonds. The first kappa shape index (κ1) is 32.9. The fourth-order valence-corrected chi connectivity index (χ4v) is 3.21. The van der Waals surface area contributed by atoms with E-state index in [4.69, 9.17) is 28.0 Å². The number of unbranched alkanes of at least 4 members (excludes halogenated alkanes) is 1. The summed E-state index contributed by atoms with van der Waals surface area (Å²) in [6, 6.07) is -4.71. The number of thiol groups is 1. The summed E-state index contributed by atoms with van der Waals surface area (Å²) in [6.07, 6.45) is 1.07. The van der Waals surface area contributed by atoms with Crippen LogP contribution >= 0.6 is 12.6 Å². The molecule has 0 saturated carbocycles. The Morgan fingerprint density at radius 2 is 1.36 bits per heavy atom. The number of nitrogens with zero attached hydrogens (tertiary/aromatic N) is 1. The second-order valence-electron chi connectivity index (χ2n) is 7.98.